The lowest BCUT2D eigenvalue weighted by Crippen LogP contribution is -2.58. The molecule has 20 heteroatoms. The first kappa shape index (κ1) is 38.3. The number of nitrogens with zero attached hydrogens (tertiary/aromatic N) is 3. The summed E-state index contributed by atoms with van der Waals surface area (Å²) in [4.78, 5) is 98.7. The number of carboxylic acid groups (broad SMARTS) is 3. The number of carbonyl (C=O) groups excluding carboxylic acids is 5. The highest BCUT2D eigenvalue weighted by atomic mass is 16.5. The van der Waals surface area contributed by atoms with Crippen LogP contribution in [0.3, 0.4) is 0 Å². The lowest BCUT2D eigenvalue weighted by molar-refractivity contribution is -0.146. The Balaban J connectivity index is 2.86. The minimum absolute atomic E-state index is 0.0257. The molecule has 0 radical (unpaired) electrons. The fourth-order valence-electron chi connectivity index (χ4n) is 3.77. The molecular weight excluding hydrogens is 616 g/mol. The first-order valence-corrected chi connectivity index (χ1v) is 13.5. The molecule has 1 aromatic rings. The zero-order valence-corrected chi connectivity index (χ0v) is 24.5. The van der Waals surface area contributed by atoms with Crippen LogP contribution in [0.4, 0.5) is 5.69 Å². The molecule has 0 spiro atoms. The summed E-state index contributed by atoms with van der Waals surface area (Å²) in [6.45, 7) is 0.170. The molecule has 0 saturated carbocycles. The number of unbranched alkanes of at least 4 members (excludes halogenated alkanes) is 1. The third-order valence-corrected chi connectivity index (χ3v) is 6.05. The van der Waals surface area contributed by atoms with Gasteiger partial charge in [0.2, 0.25) is 17.7 Å². The molecule has 0 heterocycles. The number of nitrogens with one attached hydrogen (secondary N) is 4. The predicted molar refractivity (Wildman–Crippen MR) is 154 cm³/mol. The van der Waals surface area contributed by atoms with E-state index < -0.39 is 90.9 Å². The maximum absolute atomic E-state index is 13.0. The summed E-state index contributed by atoms with van der Waals surface area (Å²) in [6.07, 6.45) is -2.31. The summed E-state index contributed by atoms with van der Waals surface area (Å²) in [6, 6.07) is -0.838. The summed E-state index contributed by atoms with van der Waals surface area (Å²) < 4.78 is 4.69. The number of hydrogen-bond acceptors (Lipinski definition) is 11. The molecule has 0 aliphatic heterocycles. The van der Waals surface area contributed by atoms with Gasteiger partial charge in [0.25, 0.3) is 5.91 Å². The van der Waals surface area contributed by atoms with Crippen LogP contribution < -0.4 is 27.0 Å². The quantitative estimate of drug-likeness (QED) is 0.0274. The summed E-state index contributed by atoms with van der Waals surface area (Å²) in [5, 5.41) is 39.5. The third kappa shape index (κ3) is 14.1. The molecule has 46 heavy (non-hydrogen) atoms. The number of nitrogens with two attached hydrogens (primary N) is 1. The van der Waals surface area contributed by atoms with Crippen molar-refractivity contribution in [2.75, 3.05) is 13.7 Å². The van der Waals surface area contributed by atoms with Crippen LogP contribution in [0.2, 0.25) is 0 Å². The maximum atomic E-state index is 13.0. The number of ether oxygens (including phenoxy) is 1. The third-order valence-electron chi connectivity index (χ3n) is 6.05. The minimum Gasteiger partial charge on any atom is -0.481 e. The molecule has 0 aliphatic rings. The molecule has 0 bridgehead atoms. The van der Waals surface area contributed by atoms with Gasteiger partial charge in [-0.2, -0.15) is 0 Å². The van der Waals surface area contributed by atoms with Crippen LogP contribution in [0, 0.1) is 0 Å². The van der Waals surface area contributed by atoms with Gasteiger partial charge in [-0.25, -0.2) is 4.79 Å². The number of amides is 4. The van der Waals surface area contributed by atoms with Crippen LogP contribution in [0.1, 0.15) is 48.9 Å². The fraction of sp³-hybridized carbons (Fsp3) is 0.462. The predicted octanol–water partition coefficient (Wildman–Crippen LogP) is -1.09. The van der Waals surface area contributed by atoms with Crippen LogP contribution in [0.25, 0.3) is 10.4 Å². The van der Waals surface area contributed by atoms with E-state index in [1.165, 1.54) is 24.3 Å². The number of hydrogen-bond donors (Lipinski definition) is 8. The number of benzene rings is 1. The van der Waals surface area contributed by atoms with E-state index >= 15 is 0 Å². The Morgan fingerprint density at radius 1 is 0.804 bits per heavy atom. The van der Waals surface area contributed by atoms with E-state index in [9.17, 15) is 43.5 Å². The molecule has 1 aromatic carbocycles. The first-order chi connectivity index (χ1) is 21.7. The van der Waals surface area contributed by atoms with Gasteiger partial charge < -0.3 is 47.1 Å². The Bertz CT molecular complexity index is 1350. The molecule has 1 rings (SSSR count). The van der Waals surface area contributed by atoms with Crippen LogP contribution in [0.15, 0.2) is 29.4 Å². The standard InChI is InChI=1S/C26H34N8O12/c1-46-26(45)16(4-2-3-9-29-22(41)13-5-7-14(8-6-13)33-34-28)30-24(43)18(12-21(39)40)32-25(44)17(11-20(37)38)31-23(42)15(27)10-19(35)36/h5-8,15-18H,2-4,9-12,27H2,1H3,(H,29,41)(H,30,43)(H,31,42)(H,32,44)(H,35,36)(H,37,38)(H,39,40)/t15-,16-,17-,18-/m0/s1. The van der Waals surface area contributed by atoms with E-state index in [1.807, 2.05) is 10.6 Å². The second-order valence-electron chi connectivity index (χ2n) is 9.59. The smallest absolute Gasteiger partial charge is 0.328 e. The van der Waals surface area contributed by atoms with Gasteiger partial charge in [-0.1, -0.05) is 17.2 Å². The molecule has 0 unspecified atom stereocenters. The number of methoxy groups -OCH3 is 1. The van der Waals surface area contributed by atoms with E-state index in [4.69, 9.17) is 21.5 Å². The Labute approximate surface area is 260 Å². The molecule has 20 nitrogen and oxygen atoms in total. The summed E-state index contributed by atoms with van der Waals surface area (Å²) in [5.74, 6) is -9.52. The molecular formula is C26H34N8O12. The zero-order valence-electron chi connectivity index (χ0n) is 24.5. The van der Waals surface area contributed by atoms with Gasteiger partial charge in [-0.3, -0.25) is 33.6 Å². The summed E-state index contributed by atoms with van der Waals surface area (Å²) in [7, 11) is 1.04. The molecule has 0 fully saturated rings. The average molecular weight is 651 g/mol. The van der Waals surface area contributed by atoms with Crippen LogP contribution in [-0.2, 0) is 38.3 Å². The Morgan fingerprint density at radius 3 is 1.78 bits per heavy atom. The van der Waals surface area contributed by atoms with Crippen LogP contribution in [0.5, 0.6) is 0 Å². The number of aliphatic carboxylic acids is 3. The molecule has 250 valence electrons. The van der Waals surface area contributed by atoms with E-state index in [1.54, 1.807) is 0 Å². The summed E-state index contributed by atoms with van der Waals surface area (Å²) in [5.41, 5.74) is 14.5. The SMILES string of the molecule is COC(=O)[C@H](CCCCNC(=O)c1ccc(N=[N+]=[N-])cc1)NC(=O)[C@H](CC(=O)O)NC(=O)[C@H](CC(=O)O)NC(=O)[C@@H](N)CC(=O)O. The normalized spacial score (nSPS) is 12.9. The first-order valence-electron chi connectivity index (χ1n) is 13.5. The number of carboxylic acids is 3. The second kappa shape index (κ2) is 19.5. The highest BCUT2D eigenvalue weighted by Crippen LogP contribution is 2.13. The van der Waals surface area contributed by atoms with E-state index in [0.29, 0.717) is 17.7 Å². The minimum atomic E-state index is -1.87. The Hall–Kier alpha value is -5.75. The number of azide groups is 1. The van der Waals surface area contributed by atoms with Crippen LogP contribution >= 0.6 is 0 Å². The lowest BCUT2D eigenvalue weighted by atomic mass is 10.1. The van der Waals surface area contributed by atoms with Gasteiger partial charge in [-0.15, -0.1) is 0 Å². The van der Waals surface area contributed by atoms with Crippen molar-refractivity contribution < 1.29 is 58.4 Å². The van der Waals surface area contributed by atoms with Gasteiger partial charge in [0.1, 0.15) is 18.1 Å². The molecule has 9 N–H and O–H groups in total. The monoisotopic (exact) mass is 650 g/mol. The van der Waals surface area contributed by atoms with E-state index in [0.717, 1.165) is 7.11 Å². The number of rotatable bonds is 20. The molecule has 4 atom stereocenters. The molecule has 0 aliphatic carbocycles. The van der Waals surface area contributed by atoms with Crippen molar-refractivity contribution in [2.24, 2.45) is 10.8 Å². The maximum Gasteiger partial charge on any atom is 0.328 e. The number of carbonyl (C=O) groups is 8. The summed E-state index contributed by atoms with van der Waals surface area (Å²) >= 11 is 0. The van der Waals surface area contributed by atoms with Crippen molar-refractivity contribution in [1.82, 2.24) is 21.3 Å². The molecule has 0 saturated heterocycles. The van der Waals surface area contributed by atoms with Crippen molar-refractivity contribution >= 4 is 53.2 Å². The Kier molecular flexibility index (Phi) is 16.2. The van der Waals surface area contributed by atoms with Gasteiger partial charge >= 0.3 is 23.9 Å². The van der Waals surface area contributed by atoms with Gasteiger partial charge in [0.05, 0.1) is 32.4 Å². The molecule has 0 aromatic heterocycles. The lowest BCUT2D eigenvalue weighted by Gasteiger charge is -2.24. The van der Waals surface area contributed by atoms with Crippen LogP contribution in [-0.4, -0.2) is 101 Å². The topological polar surface area (TPSA) is 329 Å². The van der Waals surface area contributed by atoms with Crippen molar-refractivity contribution in [1.29, 1.82) is 0 Å². The van der Waals surface area contributed by atoms with E-state index in [2.05, 4.69) is 25.4 Å². The zero-order chi connectivity index (χ0) is 34.8. The number of esters is 1. The highest BCUT2D eigenvalue weighted by Gasteiger charge is 2.33. The van der Waals surface area contributed by atoms with Crippen molar-refractivity contribution in [3.05, 3.63) is 40.3 Å². The van der Waals surface area contributed by atoms with Crippen molar-refractivity contribution in [3.63, 3.8) is 0 Å². The van der Waals surface area contributed by atoms with Gasteiger partial charge in [-0.05, 0) is 36.9 Å². The second-order valence-corrected chi connectivity index (χ2v) is 9.59. The molecule has 4 amide bonds. The van der Waals surface area contributed by atoms with Crippen molar-refractivity contribution in [3.8, 4) is 0 Å². The fourth-order valence-corrected chi connectivity index (χ4v) is 3.77. The van der Waals surface area contributed by atoms with Crippen molar-refractivity contribution in [2.45, 2.75) is 62.7 Å². The van der Waals surface area contributed by atoms with E-state index in [-0.39, 0.29) is 19.4 Å². The van der Waals surface area contributed by atoms with Gasteiger partial charge in [0, 0.05) is 22.7 Å². The highest BCUT2D eigenvalue weighted by molar-refractivity contribution is 5.97. The largest absolute Gasteiger partial charge is 0.481 e. The van der Waals surface area contributed by atoms with Gasteiger partial charge in [0.15, 0.2) is 0 Å². The average Bonchev–Trinajstić information content (AvgIpc) is 2.98. The Morgan fingerprint density at radius 2 is 1.30 bits per heavy atom.